The van der Waals surface area contributed by atoms with Crippen molar-refractivity contribution in [2.75, 3.05) is 11.4 Å². The fraction of sp³-hybridized carbons (Fsp3) is 0.200. The van der Waals surface area contributed by atoms with Crippen molar-refractivity contribution in [1.29, 1.82) is 0 Å². The largest absolute Gasteiger partial charge is 0.329 e. The molecule has 0 saturated carbocycles. The SMILES string of the molecule is Cc1c(F)cccc1N1C(=O)CNC1=O. The Labute approximate surface area is 85.7 Å². The topological polar surface area (TPSA) is 49.4 Å². The molecule has 5 heteroatoms. The lowest BCUT2D eigenvalue weighted by molar-refractivity contribution is -0.115. The van der Waals surface area contributed by atoms with Gasteiger partial charge in [-0.25, -0.2) is 14.1 Å². The lowest BCUT2D eigenvalue weighted by atomic mass is 10.1. The summed E-state index contributed by atoms with van der Waals surface area (Å²) >= 11 is 0. The van der Waals surface area contributed by atoms with Crippen LogP contribution in [0.15, 0.2) is 18.2 Å². The summed E-state index contributed by atoms with van der Waals surface area (Å²) in [5.74, 6) is -0.797. The summed E-state index contributed by atoms with van der Waals surface area (Å²) in [5.41, 5.74) is 0.595. The minimum atomic E-state index is -0.506. The molecule has 0 bridgehead atoms. The number of carbonyl (C=O) groups is 2. The predicted molar refractivity (Wildman–Crippen MR) is 52.0 cm³/mol. The number of hydrogen-bond donors (Lipinski definition) is 1. The molecule has 0 aromatic heterocycles. The zero-order valence-corrected chi connectivity index (χ0v) is 8.08. The first-order valence-electron chi connectivity index (χ1n) is 4.47. The Morgan fingerprint density at radius 3 is 2.73 bits per heavy atom. The number of rotatable bonds is 1. The molecule has 1 aromatic rings. The average Bonchev–Trinajstić information content (AvgIpc) is 2.52. The van der Waals surface area contributed by atoms with Gasteiger partial charge in [0.15, 0.2) is 0 Å². The van der Waals surface area contributed by atoms with E-state index >= 15 is 0 Å². The van der Waals surface area contributed by atoms with Crippen LogP contribution in [-0.4, -0.2) is 18.5 Å². The van der Waals surface area contributed by atoms with Crippen molar-refractivity contribution in [2.45, 2.75) is 6.92 Å². The molecule has 0 radical (unpaired) electrons. The first-order chi connectivity index (χ1) is 7.11. The average molecular weight is 208 g/mol. The smallest absolute Gasteiger partial charge is 0.328 e. The lowest BCUT2D eigenvalue weighted by Gasteiger charge is -2.15. The lowest BCUT2D eigenvalue weighted by Crippen LogP contribution is -2.31. The van der Waals surface area contributed by atoms with Crippen LogP contribution in [0.5, 0.6) is 0 Å². The number of anilines is 1. The number of carbonyl (C=O) groups excluding carboxylic acids is 2. The van der Waals surface area contributed by atoms with Crippen LogP contribution >= 0.6 is 0 Å². The molecule has 0 spiro atoms. The van der Waals surface area contributed by atoms with Crippen molar-refractivity contribution in [3.63, 3.8) is 0 Å². The zero-order chi connectivity index (χ0) is 11.0. The van der Waals surface area contributed by atoms with E-state index in [9.17, 15) is 14.0 Å². The van der Waals surface area contributed by atoms with Crippen LogP contribution in [0.2, 0.25) is 0 Å². The second-order valence-electron chi connectivity index (χ2n) is 3.27. The van der Waals surface area contributed by atoms with Gasteiger partial charge in [-0.2, -0.15) is 0 Å². The molecular formula is C10H9FN2O2. The Morgan fingerprint density at radius 1 is 1.40 bits per heavy atom. The van der Waals surface area contributed by atoms with E-state index in [1.807, 2.05) is 0 Å². The number of imide groups is 1. The maximum Gasteiger partial charge on any atom is 0.329 e. The normalized spacial score (nSPS) is 15.7. The van der Waals surface area contributed by atoms with Gasteiger partial charge in [-0.1, -0.05) is 6.07 Å². The summed E-state index contributed by atoms with van der Waals surface area (Å²) in [4.78, 5) is 23.6. The zero-order valence-electron chi connectivity index (χ0n) is 8.08. The Balaban J connectivity index is 2.49. The molecule has 15 heavy (non-hydrogen) atoms. The van der Waals surface area contributed by atoms with Gasteiger partial charge in [-0.15, -0.1) is 0 Å². The molecule has 2 rings (SSSR count). The van der Waals surface area contributed by atoms with Gasteiger partial charge in [-0.05, 0) is 19.1 Å². The molecule has 78 valence electrons. The van der Waals surface area contributed by atoms with Crippen LogP contribution in [0.1, 0.15) is 5.56 Å². The van der Waals surface area contributed by atoms with Gasteiger partial charge in [0.05, 0.1) is 12.2 Å². The minimum Gasteiger partial charge on any atom is -0.328 e. The number of nitrogens with one attached hydrogen (secondary N) is 1. The molecular weight excluding hydrogens is 199 g/mol. The number of nitrogens with zero attached hydrogens (tertiary/aromatic N) is 1. The number of amides is 3. The van der Waals surface area contributed by atoms with E-state index in [4.69, 9.17) is 0 Å². The first kappa shape index (κ1) is 9.64. The van der Waals surface area contributed by atoms with Gasteiger partial charge in [0.2, 0.25) is 0 Å². The van der Waals surface area contributed by atoms with Crippen molar-refractivity contribution in [2.24, 2.45) is 0 Å². The molecule has 4 nitrogen and oxygen atoms in total. The van der Waals surface area contributed by atoms with Gasteiger partial charge >= 0.3 is 6.03 Å². The molecule has 1 aromatic carbocycles. The van der Waals surface area contributed by atoms with Crippen molar-refractivity contribution >= 4 is 17.6 Å². The van der Waals surface area contributed by atoms with Crippen LogP contribution in [0.3, 0.4) is 0 Å². The van der Waals surface area contributed by atoms with Gasteiger partial charge < -0.3 is 5.32 Å². The highest BCUT2D eigenvalue weighted by Gasteiger charge is 2.31. The second kappa shape index (κ2) is 3.34. The second-order valence-corrected chi connectivity index (χ2v) is 3.27. The molecule has 1 saturated heterocycles. The molecule has 3 amide bonds. The van der Waals surface area contributed by atoms with Gasteiger partial charge in [0.1, 0.15) is 5.82 Å². The molecule has 1 aliphatic heterocycles. The highest BCUT2D eigenvalue weighted by molar-refractivity contribution is 6.20. The van der Waals surface area contributed by atoms with E-state index in [1.54, 1.807) is 6.07 Å². The maximum atomic E-state index is 13.2. The fourth-order valence-electron chi connectivity index (χ4n) is 1.50. The maximum absolute atomic E-state index is 13.2. The molecule has 1 N–H and O–H groups in total. The molecule has 0 atom stereocenters. The number of urea groups is 1. The molecule has 0 aliphatic carbocycles. The predicted octanol–water partition coefficient (Wildman–Crippen LogP) is 1.19. The summed E-state index contributed by atoms with van der Waals surface area (Å²) in [5, 5.41) is 2.38. The highest BCUT2D eigenvalue weighted by Crippen LogP contribution is 2.23. The third-order valence-electron chi connectivity index (χ3n) is 2.32. The van der Waals surface area contributed by atoms with E-state index < -0.39 is 11.8 Å². The van der Waals surface area contributed by atoms with E-state index in [0.717, 1.165) is 4.90 Å². The van der Waals surface area contributed by atoms with Crippen molar-refractivity contribution in [1.82, 2.24) is 5.32 Å². The Kier molecular flexibility index (Phi) is 2.15. The standard InChI is InChI=1S/C10H9FN2O2/c1-6-7(11)3-2-4-8(6)13-9(14)5-12-10(13)15/h2-4H,5H2,1H3,(H,12,15). The fourth-order valence-corrected chi connectivity index (χ4v) is 1.50. The summed E-state index contributed by atoms with van der Waals surface area (Å²) in [6.45, 7) is 1.50. The van der Waals surface area contributed by atoms with Crippen molar-refractivity contribution in [3.8, 4) is 0 Å². The summed E-state index contributed by atoms with van der Waals surface area (Å²) < 4.78 is 13.2. The van der Waals surface area contributed by atoms with Crippen LogP contribution in [0, 0.1) is 12.7 Å². The Bertz CT molecular complexity index is 429. The third-order valence-corrected chi connectivity index (χ3v) is 2.32. The molecule has 0 unspecified atom stereocenters. The number of halogens is 1. The summed E-state index contributed by atoms with van der Waals surface area (Å²) in [6.07, 6.45) is 0. The van der Waals surface area contributed by atoms with Gasteiger partial charge in [0, 0.05) is 5.56 Å². The summed E-state index contributed by atoms with van der Waals surface area (Å²) in [7, 11) is 0. The van der Waals surface area contributed by atoms with E-state index in [-0.39, 0.29) is 12.5 Å². The highest BCUT2D eigenvalue weighted by atomic mass is 19.1. The van der Waals surface area contributed by atoms with Gasteiger partial charge in [-0.3, -0.25) is 4.79 Å². The first-order valence-corrected chi connectivity index (χ1v) is 4.47. The summed E-state index contributed by atoms with van der Waals surface area (Å²) in [6, 6.07) is 3.79. The minimum absolute atomic E-state index is 0.0329. The Morgan fingerprint density at radius 2 is 2.13 bits per heavy atom. The Hall–Kier alpha value is -1.91. The van der Waals surface area contributed by atoms with Crippen LogP contribution < -0.4 is 10.2 Å². The molecule has 1 heterocycles. The molecule has 1 aliphatic rings. The van der Waals surface area contributed by atoms with E-state index in [1.165, 1.54) is 19.1 Å². The monoisotopic (exact) mass is 208 g/mol. The van der Waals surface area contributed by atoms with Gasteiger partial charge in [0.25, 0.3) is 5.91 Å². The van der Waals surface area contributed by atoms with Crippen molar-refractivity contribution < 1.29 is 14.0 Å². The van der Waals surface area contributed by atoms with E-state index in [0.29, 0.717) is 11.3 Å². The van der Waals surface area contributed by atoms with Crippen LogP contribution in [0.4, 0.5) is 14.9 Å². The number of benzene rings is 1. The number of hydrogen-bond acceptors (Lipinski definition) is 2. The third kappa shape index (κ3) is 1.45. The van der Waals surface area contributed by atoms with Crippen LogP contribution in [-0.2, 0) is 4.79 Å². The quantitative estimate of drug-likeness (QED) is 0.705. The molecule has 1 fully saturated rings. The van der Waals surface area contributed by atoms with E-state index in [2.05, 4.69) is 5.32 Å². The van der Waals surface area contributed by atoms with Crippen molar-refractivity contribution in [3.05, 3.63) is 29.6 Å². The van der Waals surface area contributed by atoms with Crippen LogP contribution in [0.25, 0.3) is 0 Å².